The van der Waals surface area contributed by atoms with Crippen molar-refractivity contribution in [3.05, 3.63) is 56.7 Å². The summed E-state index contributed by atoms with van der Waals surface area (Å²) >= 11 is 7.95. The van der Waals surface area contributed by atoms with E-state index in [1.54, 1.807) is 11.3 Å². The van der Waals surface area contributed by atoms with Crippen LogP contribution in [0.25, 0.3) is 0 Å². The molecule has 102 valence electrons. The van der Waals surface area contributed by atoms with E-state index in [4.69, 9.17) is 11.6 Å². The molecule has 0 fully saturated rings. The van der Waals surface area contributed by atoms with Gasteiger partial charge in [-0.15, -0.1) is 23.7 Å². The molecule has 0 spiro atoms. The lowest BCUT2D eigenvalue weighted by Crippen LogP contribution is -2.24. The Bertz CT molecular complexity index is 538. The molecule has 2 aromatic rings. The molecule has 1 aliphatic rings. The standard InChI is InChI=1S/C15H16ClNS.ClH/c1-17-8-7-12-9-14(16)18-15(12)13(10-17)11-5-3-2-4-6-11;/h2-6,9,13H,7-8,10H2,1H3;1H. The Hall–Kier alpha value is -0.540. The van der Waals surface area contributed by atoms with Gasteiger partial charge in [0.1, 0.15) is 0 Å². The molecular weight excluding hydrogens is 297 g/mol. The highest BCUT2D eigenvalue weighted by atomic mass is 35.5. The Morgan fingerprint density at radius 1 is 1.26 bits per heavy atom. The van der Waals surface area contributed by atoms with Crippen molar-refractivity contribution in [1.82, 2.24) is 4.90 Å². The van der Waals surface area contributed by atoms with Crippen molar-refractivity contribution in [2.24, 2.45) is 0 Å². The van der Waals surface area contributed by atoms with Gasteiger partial charge in [0.25, 0.3) is 0 Å². The van der Waals surface area contributed by atoms with Crippen LogP contribution >= 0.6 is 35.3 Å². The lowest BCUT2D eigenvalue weighted by molar-refractivity contribution is 0.338. The van der Waals surface area contributed by atoms with E-state index in [0.717, 1.165) is 23.8 Å². The fraction of sp³-hybridized carbons (Fsp3) is 0.333. The summed E-state index contributed by atoms with van der Waals surface area (Å²) in [7, 11) is 2.20. The van der Waals surface area contributed by atoms with Gasteiger partial charge >= 0.3 is 0 Å². The van der Waals surface area contributed by atoms with E-state index in [1.165, 1.54) is 16.0 Å². The SMILES string of the molecule is CN1CCc2cc(Cl)sc2C(c2ccccc2)C1.Cl. The Kier molecular flexibility index (Phi) is 4.91. The van der Waals surface area contributed by atoms with Gasteiger partial charge in [0.2, 0.25) is 0 Å². The average Bonchev–Trinajstić information content (AvgIpc) is 2.68. The van der Waals surface area contributed by atoms with Crippen molar-refractivity contribution in [2.75, 3.05) is 20.1 Å². The number of halogens is 2. The molecule has 0 radical (unpaired) electrons. The molecule has 19 heavy (non-hydrogen) atoms. The first-order valence-electron chi connectivity index (χ1n) is 6.25. The Labute approximate surface area is 129 Å². The second-order valence-electron chi connectivity index (χ2n) is 4.92. The third-order valence-electron chi connectivity index (χ3n) is 3.59. The largest absolute Gasteiger partial charge is 0.305 e. The number of rotatable bonds is 1. The minimum atomic E-state index is 0. The van der Waals surface area contributed by atoms with Gasteiger partial charge in [0.05, 0.1) is 4.34 Å². The summed E-state index contributed by atoms with van der Waals surface area (Å²) < 4.78 is 0.922. The van der Waals surface area contributed by atoms with Gasteiger partial charge in [-0.3, -0.25) is 0 Å². The van der Waals surface area contributed by atoms with E-state index in [2.05, 4.69) is 48.3 Å². The topological polar surface area (TPSA) is 3.24 Å². The third-order valence-corrected chi connectivity index (χ3v) is 5.01. The Balaban J connectivity index is 0.00000133. The third kappa shape index (κ3) is 3.14. The predicted molar refractivity (Wildman–Crippen MR) is 86.1 cm³/mol. The molecule has 1 aromatic heterocycles. The minimum Gasteiger partial charge on any atom is -0.305 e. The van der Waals surface area contributed by atoms with Crippen LogP contribution in [0.4, 0.5) is 0 Å². The summed E-state index contributed by atoms with van der Waals surface area (Å²) in [4.78, 5) is 3.87. The molecule has 0 saturated carbocycles. The maximum absolute atomic E-state index is 6.20. The molecule has 0 bridgehead atoms. The Morgan fingerprint density at radius 2 is 2.00 bits per heavy atom. The zero-order chi connectivity index (χ0) is 12.5. The van der Waals surface area contributed by atoms with Crippen LogP contribution in [0.5, 0.6) is 0 Å². The van der Waals surface area contributed by atoms with Crippen LogP contribution in [0.1, 0.15) is 21.9 Å². The van der Waals surface area contributed by atoms with E-state index in [-0.39, 0.29) is 12.4 Å². The highest BCUT2D eigenvalue weighted by Gasteiger charge is 2.24. The van der Waals surface area contributed by atoms with Crippen LogP contribution in [0, 0.1) is 0 Å². The van der Waals surface area contributed by atoms with Gasteiger partial charge in [-0.25, -0.2) is 0 Å². The monoisotopic (exact) mass is 313 g/mol. The molecule has 1 nitrogen and oxygen atoms in total. The lowest BCUT2D eigenvalue weighted by Gasteiger charge is -2.20. The number of fused-ring (bicyclic) bond motifs is 1. The first-order chi connectivity index (χ1) is 8.74. The van der Waals surface area contributed by atoms with E-state index >= 15 is 0 Å². The highest BCUT2D eigenvalue weighted by molar-refractivity contribution is 7.16. The van der Waals surface area contributed by atoms with Crippen molar-refractivity contribution < 1.29 is 0 Å². The quantitative estimate of drug-likeness (QED) is 0.752. The normalized spacial score (nSPS) is 19.4. The number of hydrogen-bond donors (Lipinski definition) is 0. The molecule has 1 unspecified atom stereocenters. The predicted octanol–water partition coefficient (Wildman–Crippen LogP) is 4.44. The molecule has 1 aliphatic heterocycles. The summed E-state index contributed by atoms with van der Waals surface area (Å²) in [6, 6.07) is 12.9. The number of benzene rings is 1. The molecule has 3 rings (SSSR count). The van der Waals surface area contributed by atoms with Crippen molar-refractivity contribution in [1.29, 1.82) is 0 Å². The summed E-state index contributed by atoms with van der Waals surface area (Å²) in [6.07, 6.45) is 1.11. The van der Waals surface area contributed by atoms with Crippen molar-refractivity contribution in [2.45, 2.75) is 12.3 Å². The maximum atomic E-state index is 6.20. The summed E-state index contributed by atoms with van der Waals surface area (Å²) in [5, 5.41) is 0. The molecule has 0 aliphatic carbocycles. The first kappa shape index (κ1) is 14.9. The number of nitrogens with zero attached hydrogens (tertiary/aromatic N) is 1. The zero-order valence-corrected chi connectivity index (χ0v) is 13.2. The lowest BCUT2D eigenvalue weighted by atomic mass is 9.95. The molecular formula is C15H17Cl2NS. The zero-order valence-electron chi connectivity index (χ0n) is 10.8. The van der Waals surface area contributed by atoms with Crippen LogP contribution in [0.15, 0.2) is 36.4 Å². The molecule has 2 heterocycles. The van der Waals surface area contributed by atoms with Gasteiger partial charge in [-0.1, -0.05) is 41.9 Å². The highest BCUT2D eigenvalue weighted by Crippen LogP contribution is 2.38. The first-order valence-corrected chi connectivity index (χ1v) is 7.45. The van der Waals surface area contributed by atoms with Crippen molar-refractivity contribution in [3.8, 4) is 0 Å². The van der Waals surface area contributed by atoms with Crippen molar-refractivity contribution >= 4 is 35.3 Å². The summed E-state index contributed by atoms with van der Waals surface area (Å²) in [5.74, 6) is 0.464. The van der Waals surface area contributed by atoms with Gasteiger partial charge in [0, 0.05) is 23.9 Å². The minimum absolute atomic E-state index is 0. The second kappa shape index (κ2) is 6.27. The van der Waals surface area contributed by atoms with Crippen LogP contribution in [-0.2, 0) is 6.42 Å². The number of hydrogen-bond acceptors (Lipinski definition) is 2. The average molecular weight is 314 g/mol. The van der Waals surface area contributed by atoms with Crippen LogP contribution in [0.2, 0.25) is 4.34 Å². The van der Waals surface area contributed by atoms with Gasteiger partial charge in [-0.2, -0.15) is 0 Å². The summed E-state index contributed by atoms with van der Waals surface area (Å²) in [5.41, 5.74) is 2.83. The molecule has 0 amide bonds. The van der Waals surface area contributed by atoms with Gasteiger partial charge in [0.15, 0.2) is 0 Å². The Morgan fingerprint density at radius 3 is 2.74 bits per heavy atom. The van der Waals surface area contributed by atoms with Gasteiger partial charge < -0.3 is 4.90 Å². The molecule has 0 N–H and O–H groups in total. The summed E-state index contributed by atoms with van der Waals surface area (Å²) in [6.45, 7) is 2.19. The molecule has 1 atom stereocenters. The van der Waals surface area contributed by atoms with Crippen LogP contribution < -0.4 is 0 Å². The van der Waals surface area contributed by atoms with Crippen LogP contribution in [-0.4, -0.2) is 25.0 Å². The number of thiophene rings is 1. The number of likely N-dealkylation sites (N-methyl/N-ethyl adjacent to an activating group) is 1. The molecule has 4 heteroatoms. The maximum Gasteiger partial charge on any atom is 0.0934 e. The fourth-order valence-electron chi connectivity index (χ4n) is 2.64. The van der Waals surface area contributed by atoms with E-state index in [9.17, 15) is 0 Å². The van der Waals surface area contributed by atoms with Gasteiger partial charge in [-0.05, 0) is 30.7 Å². The van der Waals surface area contributed by atoms with E-state index in [0.29, 0.717) is 5.92 Å². The second-order valence-corrected chi connectivity index (χ2v) is 6.63. The van der Waals surface area contributed by atoms with E-state index in [1.807, 2.05) is 0 Å². The molecule has 0 saturated heterocycles. The smallest absolute Gasteiger partial charge is 0.0934 e. The fourth-order valence-corrected chi connectivity index (χ4v) is 4.08. The molecule has 1 aromatic carbocycles. The van der Waals surface area contributed by atoms with Crippen molar-refractivity contribution in [3.63, 3.8) is 0 Å². The van der Waals surface area contributed by atoms with E-state index < -0.39 is 0 Å². The van der Waals surface area contributed by atoms with Crippen LogP contribution in [0.3, 0.4) is 0 Å².